The van der Waals surface area contributed by atoms with Crippen LogP contribution < -0.4 is 4.80 Å². The summed E-state index contributed by atoms with van der Waals surface area (Å²) in [4.78, 5) is 18.9. The molecule has 0 saturated heterocycles. The van der Waals surface area contributed by atoms with E-state index in [-0.39, 0.29) is 17.2 Å². The summed E-state index contributed by atoms with van der Waals surface area (Å²) >= 11 is 3.14. The van der Waals surface area contributed by atoms with Crippen molar-refractivity contribution in [2.24, 2.45) is 4.99 Å². The van der Waals surface area contributed by atoms with E-state index in [4.69, 9.17) is 4.74 Å². The van der Waals surface area contributed by atoms with Crippen LogP contribution in [0.3, 0.4) is 0 Å². The molecule has 0 unspecified atom stereocenters. The fourth-order valence-electron chi connectivity index (χ4n) is 2.84. The van der Waals surface area contributed by atoms with Gasteiger partial charge in [0.05, 0.1) is 28.1 Å². The maximum Gasteiger partial charge on any atom is 0.252 e. The van der Waals surface area contributed by atoms with Gasteiger partial charge < -0.3 is 9.30 Å². The van der Waals surface area contributed by atoms with Gasteiger partial charge in [0.25, 0.3) is 5.91 Å². The normalized spacial score (nSPS) is 12.6. The van der Waals surface area contributed by atoms with Gasteiger partial charge in [-0.1, -0.05) is 23.5 Å². The molecule has 6 nitrogen and oxygen atoms in total. The van der Waals surface area contributed by atoms with Crippen LogP contribution >= 0.6 is 23.1 Å². The summed E-state index contributed by atoms with van der Waals surface area (Å²) in [6, 6.07) is 12.5. The Labute approximate surface area is 178 Å². The zero-order chi connectivity index (χ0) is 21.0. The van der Waals surface area contributed by atoms with Crippen LogP contribution in [0.25, 0.3) is 10.2 Å². The SMILES string of the molecule is COCCn1c(=NC(=O)Cc2ccc(S(C)(=O)=O)cc2)sc2cc(SC)ccc21. The summed E-state index contributed by atoms with van der Waals surface area (Å²) in [6.45, 7) is 1.12. The molecule has 0 aliphatic heterocycles. The highest BCUT2D eigenvalue weighted by atomic mass is 32.2. The number of thiazole rings is 1. The van der Waals surface area contributed by atoms with E-state index in [9.17, 15) is 13.2 Å². The lowest BCUT2D eigenvalue weighted by atomic mass is 10.1. The summed E-state index contributed by atoms with van der Waals surface area (Å²) in [5, 5.41) is 0. The van der Waals surface area contributed by atoms with Crippen molar-refractivity contribution >= 4 is 49.1 Å². The molecule has 154 valence electrons. The third kappa shape index (κ3) is 5.36. The molecule has 0 bridgehead atoms. The van der Waals surface area contributed by atoms with Crippen LogP contribution in [0.15, 0.2) is 57.2 Å². The van der Waals surface area contributed by atoms with E-state index in [0.717, 1.165) is 26.9 Å². The zero-order valence-corrected chi connectivity index (χ0v) is 18.9. The Balaban J connectivity index is 1.92. The lowest BCUT2D eigenvalue weighted by Gasteiger charge is -2.05. The van der Waals surface area contributed by atoms with Crippen molar-refractivity contribution in [2.45, 2.75) is 22.8 Å². The predicted molar refractivity (Wildman–Crippen MR) is 117 cm³/mol. The predicted octanol–water partition coefficient (Wildman–Crippen LogP) is 3.14. The molecule has 0 radical (unpaired) electrons. The van der Waals surface area contributed by atoms with Gasteiger partial charge in [-0.25, -0.2) is 8.42 Å². The van der Waals surface area contributed by atoms with Crippen molar-refractivity contribution in [2.75, 3.05) is 26.2 Å². The quantitative estimate of drug-likeness (QED) is 0.517. The molecular formula is C20H22N2O4S3. The number of sulfone groups is 1. The van der Waals surface area contributed by atoms with Crippen LogP contribution in [-0.4, -0.2) is 45.1 Å². The largest absolute Gasteiger partial charge is 0.383 e. The first kappa shape index (κ1) is 21.8. The molecule has 2 aromatic carbocycles. The van der Waals surface area contributed by atoms with Crippen LogP contribution in [-0.2, 0) is 32.3 Å². The average molecular weight is 451 g/mol. The van der Waals surface area contributed by atoms with Gasteiger partial charge in [0, 0.05) is 24.8 Å². The number of ether oxygens (including phenoxy) is 1. The van der Waals surface area contributed by atoms with Crippen LogP contribution in [0.4, 0.5) is 0 Å². The number of carbonyl (C=O) groups is 1. The number of benzene rings is 2. The molecule has 0 fully saturated rings. The average Bonchev–Trinajstić information content (AvgIpc) is 3.01. The van der Waals surface area contributed by atoms with Crippen LogP contribution in [0, 0.1) is 0 Å². The maximum atomic E-state index is 12.6. The Hall–Kier alpha value is -1.94. The van der Waals surface area contributed by atoms with Gasteiger partial charge in [-0.2, -0.15) is 4.99 Å². The van der Waals surface area contributed by atoms with Gasteiger partial charge in [-0.05, 0) is 42.2 Å². The topological polar surface area (TPSA) is 77.7 Å². The highest BCUT2D eigenvalue weighted by molar-refractivity contribution is 7.98. The lowest BCUT2D eigenvalue weighted by molar-refractivity contribution is -0.117. The molecule has 1 amide bonds. The highest BCUT2D eigenvalue weighted by Crippen LogP contribution is 2.24. The first-order valence-corrected chi connectivity index (χ1v) is 12.8. The molecule has 9 heteroatoms. The smallest absolute Gasteiger partial charge is 0.252 e. The van der Waals surface area contributed by atoms with E-state index in [0.29, 0.717) is 18.0 Å². The molecule has 3 rings (SSSR count). The molecule has 1 heterocycles. The number of thioether (sulfide) groups is 1. The van der Waals surface area contributed by atoms with Crippen molar-refractivity contribution in [1.29, 1.82) is 0 Å². The van der Waals surface area contributed by atoms with Crippen molar-refractivity contribution in [3.8, 4) is 0 Å². The number of nitrogens with zero attached hydrogens (tertiary/aromatic N) is 2. The summed E-state index contributed by atoms with van der Waals surface area (Å²) in [5.41, 5.74) is 1.74. The van der Waals surface area contributed by atoms with E-state index in [1.807, 2.05) is 16.9 Å². The third-order valence-electron chi connectivity index (χ3n) is 4.34. The Bertz CT molecular complexity index is 1190. The van der Waals surface area contributed by atoms with E-state index in [1.165, 1.54) is 23.5 Å². The van der Waals surface area contributed by atoms with E-state index >= 15 is 0 Å². The van der Waals surface area contributed by atoms with Gasteiger partial charge in [0.15, 0.2) is 14.6 Å². The molecule has 0 aliphatic rings. The number of rotatable bonds is 7. The maximum absolute atomic E-state index is 12.6. The van der Waals surface area contributed by atoms with Gasteiger partial charge in [0.2, 0.25) is 0 Å². The third-order valence-corrected chi connectivity index (χ3v) is 7.23. The Morgan fingerprint density at radius 3 is 2.55 bits per heavy atom. The van der Waals surface area contributed by atoms with Gasteiger partial charge in [-0.3, -0.25) is 4.79 Å². The minimum absolute atomic E-state index is 0.110. The van der Waals surface area contributed by atoms with Gasteiger partial charge in [-0.15, -0.1) is 11.8 Å². The highest BCUT2D eigenvalue weighted by Gasteiger charge is 2.11. The summed E-state index contributed by atoms with van der Waals surface area (Å²) in [7, 11) is -1.61. The monoisotopic (exact) mass is 450 g/mol. The lowest BCUT2D eigenvalue weighted by Crippen LogP contribution is -2.19. The standard InChI is InChI=1S/C20H22N2O4S3/c1-26-11-10-22-17-9-6-15(27-2)13-18(17)28-20(22)21-19(23)12-14-4-7-16(8-5-14)29(3,24)25/h4-9,13H,10-12H2,1-3H3. The number of hydrogen-bond donors (Lipinski definition) is 0. The van der Waals surface area contributed by atoms with Crippen molar-refractivity contribution in [3.63, 3.8) is 0 Å². The van der Waals surface area contributed by atoms with Crippen LogP contribution in [0.1, 0.15) is 5.56 Å². The minimum atomic E-state index is -3.26. The molecule has 0 aliphatic carbocycles. The van der Waals surface area contributed by atoms with Crippen molar-refractivity contribution < 1.29 is 17.9 Å². The number of amides is 1. The first-order chi connectivity index (χ1) is 13.8. The fourth-order valence-corrected chi connectivity index (χ4v) is 5.10. The molecule has 0 N–H and O–H groups in total. The number of methoxy groups -OCH3 is 1. The number of carbonyl (C=O) groups excluding carboxylic acids is 1. The molecule has 29 heavy (non-hydrogen) atoms. The van der Waals surface area contributed by atoms with E-state index < -0.39 is 9.84 Å². The van der Waals surface area contributed by atoms with Gasteiger partial charge in [0.1, 0.15) is 0 Å². The summed E-state index contributed by atoms with van der Waals surface area (Å²) in [5.74, 6) is -0.278. The van der Waals surface area contributed by atoms with Crippen molar-refractivity contribution in [1.82, 2.24) is 4.57 Å². The number of hydrogen-bond acceptors (Lipinski definition) is 6. The first-order valence-electron chi connectivity index (χ1n) is 8.84. The second-order valence-electron chi connectivity index (χ2n) is 6.46. The molecule has 1 aromatic heterocycles. The van der Waals surface area contributed by atoms with E-state index in [2.05, 4.69) is 17.1 Å². The molecular weight excluding hydrogens is 428 g/mol. The van der Waals surface area contributed by atoms with Crippen molar-refractivity contribution in [3.05, 3.63) is 52.8 Å². The Morgan fingerprint density at radius 1 is 1.21 bits per heavy atom. The second kappa shape index (κ2) is 9.25. The molecule has 0 spiro atoms. The Morgan fingerprint density at radius 2 is 1.93 bits per heavy atom. The van der Waals surface area contributed by atoms with E-state index in [1.54, 1.807) is 31.0 Å². The fraction of sp³-hybridized carbons (Fsp3) is 0.300. The minimum Gasteiger partial charge on any atom is -0.383 e. The molecule has 0 atom stereocenters. The zero-order valence-electron chi connectivity index (χ0n) is 16.4. The molecule has 0 saturated carbocycles. The van der Waals surface area contributed by atoms with Crippen LogP contribution in [0.5, 0.6) is 0 Å². The summed E-state index contributed by atoms with van der Waals surface area (Å²) < 4.78 is 31.4. The van der Waals surface area contributed by atoms with Crippen LogP contribution in [0.2, 0.25) is 0 Å². The Kier molecular flexibility index (Phi) is 6.94. The molecule has 3 aromatic rings. The second-order valence-corrected chi connectivity index (χ2v) is 10.4. The number of aromatic nitrogens is 1. The summed E-state index contributed by atoms with van der Waals surface area (Å²) in [6.07, 6.45) is 3.29. The van der Waals surface area contributed by atoms with Gasteiger partial charge >= 0.3 is 0 Å². The number of fused-ring (bicyclic) bond motifs is 1.